The molecule has 24 heavy (non-hydrogen) atoms. The van der Waals surface area contributed by atoms with Gasteiger partial charge >= 0.3 is 0 Å². The third-order valence-electron chi connectivity index (χ3n) is 3.50. The van der Waals surface area contributed by atoms with Crippen molar-refractivity contribution in [3.63, 3.8) is 0 Å². The summed E-state index contributed by atoms with van der Waals surface area (Å²) in [6.45, 7) is 2.35. The van der Waals surface area contributed by atoms with Crippen LogP contribution in [0.2, 0.25) is 0 Å². The van der Waals surface area contributed by atoms with Crippen LogP contribution in [0.4, 0.5) is 11.4 Å². The lowest BCUT2D eigenvalue weighted by Crippen LogP contribution is -2.12. The molecule has 3 rings (SSSR count). The van der Waals surface area contributed by atoms with Gasteiger partial charge in [0.1, 0.15) is 9.71 Å². The number of hydrogen-bond donors (Lipinski definition) is 2. The fourth-order valence-corrected chi connectivity index (χ4v) is 4.15. The number of nitrogens with zero attached hydrogens (tertiary/aromatic N) is 1. The number of pyridine rings is 1. The Labute approximate surface area is 157 Å². The number of thiophene rings is 1. The van der Waals surface area contributed by atoms with Crippen LogP contribution in [0, 0.1) is 10.5 Å². The molecule has 7 heteroatoms. The average Bonchev–Trinajstić information content (AvgIpc) is 2.84. The van der Waals surface area contributed by atoms with Crippen LogP contribution in [0.3, 0.4) is 0 Å². The molecule has 5 nitrogen and oxygen atoms in total. The molecule has 3 N–H and O–H groups in total. The average molecular weight is 453 g/mol. The van der Waals surface area contributed by atoms with E-state index in [1.54, 1.807) is 7.11 Å². The number of rotatable bonds is 4. The fraction of sp³-hybridized carbons (Fsp3) is 0.176. The fourth-order valence-electron chi connectivity index (χ4n) is 2.53. The Morgan fingerprint density at radius 2 is 2.21 bits per heavy atom. The Hall–Kier alpha value is -1.71. The number of amides is 1. The zero-order valence-electron chi connectivity index (χ0n) is 13.2. The molecule has 0 spiro atoms. The SMILES string of the molecule is COCc1cc(C)nc2sc(C(=O)Nc3cccc(I)c3)c(N)c12. The Bertz CT molecular complexity index is 924. The van der Waals surface area contributed by atoms with E-state index in [1.807, 2.05) is 37.3 Å². The number of halogens is 1. The molecule has 0 unspecified atom stereocenters. The second-order valence-electron chi connectivity index (χ2n) is 5.35. The van der Waals surface area contributed by atoms with Gasteiger partial charge in [-0.15, -0.1) is 11.3 Å². The van der Waals surface area contributed by atoms with Crippen LogP contribution in [-0.4, -0.2) is 18.0 Å². The molecule has 0 fully saturated rings. The number of hydrogen-bond acceptors (Lipinski definition) is 5. The van der Waals surface area contributed by atoms with E-state index in [4.69, 9.17) is 10.5 Å². The lowest BCUT2D eigenvalue weighted by molar-refractivity contribution is 0.103. The van der Waals surface area contributed by atoms with Crippen molar-refractivity contribution in [1.29, 1.82) is 0 Å². The summed E-state index contributed by atoms with van der Waals surface area (Å²) in [6.07, 6.45) is 0. The summed E-state index contributed by atoms with van der Waals surface area (Å²) in [6, 6.07) is 9.56. The highest BCUT2D eigenvalue weighted by Crippen LogP contribution is 2.36. The van der Waals surface area contributed by atoms with Crippen molar-refractivity contribution in [3.05, 3.63) is 50.0 Å². The van der Waals surface area contributed by atoms with Gasteiger partial charge in [0, 0.05) is 27.4 Å². The molecular weight excluding hydrogens is 437 g/mol. The highest BCUT2D eigenvalue weighted by Gasteiger charge is 2.20. The van der Waals surface area contributed by atoms with Gasteiger partial charge in [-0.3, -0.25) is 4.79 Å². The van der Waals surface area contributed by atoms with Crippen molar-refractivity contribution in [2.45, 2.75) is 13.5 Å². The van der Waals surface area contributed by atoms with Crippen molar-refractivity contribution in [3.8, 4) is 0 Å². The van der Waals surface area contributed by atoms with Gasteiger partial charge in [0.15, 0.2) is 0 Å². The number of carbonyl (C=O) groups is 1. The molecule has 0 aliphatic heterocycles. The predicted molar refractivity (Wildman–Crippen MR) is 107 cm³/mol. The van der Waals surface area contributed by atoms with Crippen molar-refractivity contribution in [1.82, 2.24) is 4.98 Å². The third-order valence-corrected chi connectivity index (χ3v) is 5.27. The maximum atomic E-state index is 12.6. The molecule has 0 atom stereocenters. The zero-order valence-corrected chi connectivity index (χ0v) is 16.2. The monoisotopic (exact) mass is 453 g/mol. The lowest BCUT2D eigenvalue weighted by atomic mass is 10.1. The number of nitrogen functional groups attached to an aromatic ring is 1. The number of nitrogens with two attached hydrogens (primary N) is 1. The van der Waals surface area contributed by atoms with Gasteiger partial charge in [0.25, 0.3) is 5.91 Å². The molecule has 0 saturated heterocycles. The van der Waals surface area contributed by atoms with E-state index in [9.17, 15) is 4.79 Å². The third kappa shape index (κ3) is 3.38. The molecule has 124 valence electrons. The molecule has 2 heterocycles. The minimum absolute atomic E-state index is 0.224. The molecule has 0 radical (unpaired) electrons. The molecule has 3 aromatic rings. The number of anilines is 2. The largest absolute Gasteiger partial charge is 0.397 e. The standard InChI is InChI=1S/C17H16IN3O2S/c1-9-6-10(8-23-2)13-14(19)15(24-17(13)20-9)16(22)21-12-5-3-4-11(18)7-12/h3-7H,8,19H2,1-2H3,(H,21,22). The molecule has 2 aromatic heterocycles. The Balaban J connectivity index is 2.02. The Morgan fingerprint density at radius 3 is 2.92 bits per heavy atom. The van der Waals surface area contributed by atoms with Crippen LogP contribution < -0.4 is 11.1 Å². The molecular formula is C17H16IN3O2S. The first-order chi connectivity index (χ1) is 11.5. The number of methoxy groups -OCH3 is 1. The molecule has 1 aromatic carbocycles. The lowest BCUT2D eigenvalue weighted by Gasteiger charge is -2.06. The van der Waals surface area contributed by atoms with Crippen LogP contribution >= 0.6 is 33.9 Å². The van der Waals surface area contributed by atoms with E-state index in [0.29, 0.717) is 17.2 Å². The van der Waals surface area contributed by atoms with E-state index in [0.717, 1.165) is 30.7 Å². The Morgan fingerprint density at radius 1 is 1.42 bits per heavy atom. The predicted octanol–water partition coefficient (Wildman–Crippen LogP) is 4.19. The van der Waals surface area contributed by atoms with Crippen LogP contribution in [0.15, 0.2) is 30.3 Å². The van der Waals surface area contributed by atoms with Crippen molar-refractivity contribution in [2.75, 3.05) is 18.2 Å². The van der Waals surface area contributed by atoms with Gasteiger partial charge in [-0.2, -0.15) is 0 Å². The number of benzene rings is 1. The van der Waals surface area contributed by atoms with Crippen LogP contribution in [0.1, 0.15) is 20.9 Å². The molecule has 0 bridgehead atoms. The highest BCUT2D eigenvalue weighted by molar-refractivity contribution is 14.1. The van der Waals surface area contributed by atoms with Crippen molar-refractivity contribution >= 4 is 61.4 Å². The van der Waals surface area contributed by atoms with Crippen LogP contribution in [0.25, 0.3) is 10.2 Å². The molecule has 0 saturated carbocycles. The van der Waals surface area contributed by atoms with Gasteiger partial charge in [-0.1, -0.05) is 6.07 Å². The van der Waals surface area contributed by atoms with Gasteiger partial charge in [0.05, 0.1) is 12.3 Å². The maximum absolute atomic E-state index is 12.6. The summed E-state index contributed by atoms with van der Waals surface area (Å²) in [4.78, 5) is 18.4. The number of aryl methyl sites for hydroxylation is 1. The second-order valence-corrected chi connectivity index (χ2v) is 7.59. The zero-order chi connectivity index (χ0) is 17.3. The van der Waals surface area contributed by atoms with E-state index in [-0.39, 0.29) is 5.91 Å². The number of fused-ring (bicyclic) bond motifs is 1. The van der Waals surface area contributed by atoms with Gasteiger partial charge < -0.3 is 15.8 Å². The molecule has 1 amide bonds. The summed E-state index contributed by atoms with van der Waals surface area (Å²) in [5.74, 6) is -0.224. The topological polar surface area (TPSA) is 77.2 Å². The quantitative estimate of drug-likeness (QED) is 0.581. The summed E-state index contributed by atoms with van der Waals surface area (Å²) < 4.78 is 6.29. The molecule has 0 aliphatic rings. The minimum Gasteiger partial charge on any atom is -0.397 e. The van der Waals surface area contributed by atoms with E-state index < -0.39 is 0 Å². The van der Waals surface area contributed by atoms with Crippen molar-refractivity contribution < 1.29 is 9.53 Å². The summed E-state index contributed by atoms with van der Waals surface area (Å²) >= 11 is 3.51. The summed E-state index contributed by atoms with van der Waals surface area (Å²) in [5.41, 5.74) is 9.28. The first-order valence-electron chi connectivity index (χ1n) is 7.24. The minimum atomic E-state index is -0.224. The number of carbonyl (C=O) groups excluding carboxylic acids is 1. The maximum Gasteiger partial charge on any atom is 0.267 e. The first-order valence-corrected chi connectivity index (χ1v) is 9.13. The second kappa shape index (κ2) is 7.04. The first kappa shape index (κ1) is 17.1. The smallest absolute Gasteiger partial charge is 0.267 e. The molecule has 0 aliphatic carbocycles. The van der Waals surface area contributed by atoms with Gasteiger partial charge in [-0.05, 0) is 59.3 Å². The summed E-state index contributed by atoms with van der Waals surface area (Å²) in [7, 11) is 1.63. The normalized spacial score (nSPS) is 11.0. The van der Waals surface area contributed by atoms with E-state index in [1.165, 1.54) is 11.3 Å². The highest BCUT2D eigenvalue weighted by atomic mass is 127. The number of ether oxygens (including phenoxy) is 1. The Kier molecular flexibility index (Phi) is 5.02. The van der Waals surface area contributed by atoms with Crippen LogP contribution in [0.5, 0.6) is 0 Å². The number of nitrogens with one attached hydrogen (secondary N) is 1. The van der Waals surface area contributed by atoms with Crippen molar-refractivity contribution in [2.24, 2.45) is 0 Å². The van der Waals surface area contributed by atoms with E-state index >= 15 is 0 Å². The summed E-state index contributed by atoms with van der Waals surface area (Å²) in [5, 5.41) is 3.70. The number of aromatic nitrogens is 1. The van der Waals surface area contributed by atoms with Gasteiger partial charge in [0.2, 0.25) is 0 Å². The van der Waals surface area contributed by atoms with Crippen LogP contribution in [-0.2, 0) is 11.3 Å². The van der Waals surface area contributed by atoms with E-state index in [2.05, 4.69) is 32.9 Å². The van der Waals surface area contributed by atoms with Gasteiger partial charge in [-0.25, -0.2) is 4.98 Å².